The maximum atomic E-state index is 5.29. The largest absolute Gasteiger partial charge is 0.343 e. The van der Waals surface area contributed by atoms with Crippen molar-refractivity contribution in [3.8, 4) is 11.3 Å². The maximum Gasteiger partial charge on any atom is 0.130 e. The lowest BCUT2D eigenvalue weighted by Gasteiger charge is -2.19. The fourth-order valence-corrected chi connectivity index (χ4v) is 2.55. The van der Waals surface area contributed by atoms with Gasteiger partial charge in [-0.3, -0.25) is 0 Å². The van der Waals surface area contributed by atoms with Crippen LogP contribution in [-0.4, -0.2) is 9.97 Å². The Balaban J connectivity index is 1.98. The molecule has 0 aliphatic heterocycles. The fourth-order valence-electron chi connectivity index (χ4n) is 2.33. The van der Waals surface area contributed by atoms with Crippen LogP contribution in [0.25, 0.3) is 11.3 Å². The number of nitrogens with one attached hydrogen (secondary N) is 1. The number of aromatic amines is 1. The van der Waals surface area contributed by atoms with Crippen molar-refractivity contribution in [2.24, 2.45) is 0 Å². The van der Waals surface area contributed by atoms with Crippen LogP contribution in [-0.2, 0) is 5.41 Å². The highest BCUT2D eigenvalue weighted by molar-refractivity contribution is 7.71. The lowest BCUT2D eigenvalue weighted by molar-refractivity contribution is 0.590. The van der Waals surface area contributed by atoms with Gasteiger partial charge in [0.15, 0.2) is 0 Å². The smallest absolute Gasteiger partial charge is 0.130 e. The summed E-state index contributed by atoms with van der Waals surface area (Å²) in [6, 6.07) is 10.7. The zero-order chi connectivity index (χ0) is 14.3. The van der Waals surface area contributed by atoms with Gasteiger partial charge in [-0.1, -0.05) is 57.3 Å². The van der Waals surface area contributed by atoms with Gasteiger partial charge in [-0.25, -0.2) is 4.98 Å². The molecule has 0 radical (unpaired) electrons. The fraction of sp³-hybridized carbons (Fsp3) is 0.412. The summed E-state index contributed by atoms with van der Waals surface area (Å²) in [5, 5.41) is 0. The molecular weight excluding hydrogens is 264 g/mol. The summed E-state index contributed by atoms with van der Waals surface area (Å²) in [4.78, 5) is 7.88. The second kappa shape index (κ2) is 4.81. The van der Waals surface area contributed by atoms with E-state index < -0.39 is 0 Å². The van der Waals surface area contributed by atoms with Crippen LogP contribution in [0.2, 0.25) is 0 Å². The van der Waals surface area contributed by atoms with Crippen molar-refractivity contribution in [1.29, 1.82) is 0 Å². The molecule has 2 aromatic rings. The van der Waals surface area contributed by atoms with E-state index in [4.69, 9.17) is 12.2 Å². The van der Waals surface area contributed by atoms with Gasteiger partial charge in [-0.2, -0.15) is 0 Å². The average Bonchev–Trinajstić information content (AvgIpc) is 3.21. The monoisotopic (exact) mass is 284 g/mol. The molecule has 0 spiro atoms. The van der Waals surface area contributed by atoms with Crippen molar-refractivity contribution in [1.82, 2.24) is 9.97 Å². The van der Waals surface area contributed by atoms with Crippen molar-refractivity contribution >= 4 is 12.2 Å². The van der Waals surface area contributed by atoms with Gasteiger partial charge in [0.05, 0.1) is 0 Å². The Morgan fingerprint density at radius 3 is 2.35 bits per heavy atom. The zero-order valence-electron chi connectivity index (χ0n) is 12.2. The summed E-state index contributed by atoms with van der Waals surface area (Å²) >= 11 is 5.29. The highest BCUT2D eigenvalue weighted by Gasteiger charge is 2.26. The summed E-state index contributed by atoms with van der Waals surface area (Å²) in [6.07, 6.45) is 2.45. The number of nitrogens with zero attached hydrogens (tertiary/aromatic N) is 1. The molecule has 0 atom stereocenters. The van der Waals surface area contributed by atoms with Crippen LogP contribution >= 0.6 is 12.2 Å². The van der Waals surface area contributed by atoms with Crippen LogP contribution < -0.4 is 0 Å². The molecule has 20 heavy (non-hydrogen) atoms. The summed E-state index contributed by atoms with van der Waals surface area (Å²) < 4.78 is 0.681. The van der Waals surface area contributed by atoms with Crippen molar-refractivity contribution in [2.45, 2.75) is 44.9 Å². The van der Waals surface area contributed by atoms with Crippen molar-refractivity contribution < 1.29 is 0 Å². The Hall–Kier alpha value is -1.48. The molecule has 0 unspecified atom stereocenters. The van der Waals surface area contributed by atoms with Crippen molar-refractivity contribution in [2.75, 3.05) is 0 Å². The van der Waals surface area contributed by atoms with Gasteiger partial charge in [-0.05, 0) is 35.4 Å². The highest BCUT2D eigenvalue weighted by Crippen LogP contribution is 2.38. The molecule has 1 aliphatic carbocycles. The predicted molar refractivity (Wildman–Crippen MR) is 85.5 cm³/mol. The molecule has 1 aromatic heterocycles. The molecule has 3 rings (SSSR count). The minimum atomic E-state index is 0.183. The van der Waals surface area contributed by atoms with Gasteiger partial charge in [-0.15, -0.1) is 0 Å². The summed E-state index contributed by atoms with van der Waals surface area (Å²) in [7, 11) is 0. The van der Waals surface area contributed by atoms with Gasteiger partial charge in [0.25, 0.3) is 0 Å². The third kappa shape index (κ3) is 2.83. The second-order valence-electron chi connectivity index (χ2n) is 6.62. The molecule has 1 aliphatic rings. The zero-order valence-corrected chi connectivity index (χ0v) is 13.1. The molecular formula is C17H20N2S. The molecule has 1 aromatic carbocycles. The lowest BCUT2D eigenvalue weighted by atomic mass is 9.86. The number of H-pyrrole nitrogens is 1. The molecule has 1 heterocycles. The van der Waals surface area contributed by atoms with Crippen molar-refractivity contribution in [3.63, 3.8) is 0 Å². The number of aromatic nitrogens is 2. The Bertz CT molecular complexity index is 673. The summed E-state index contributed by atoms with van der Waals surface area (Å²) in [6.45, 7) is 6.69. The van der Waals surface area contributed by atoms with Crippen molar-refractivity contribution in [3.05, 3.63) is 46.4 Å². The van der Waals surface area contributed by atoms with Gasteiger partial charge in [0.1, 0.15) is 10.5 Å². The standard InChI is InChI=1S/C17H20N2S/c1-17(2,3)13-8-6-11(7-9-13)14-10-15(20)19-16(18-14)12-4-5-12/h6-10,12H,4-5H2,1-3H3,(H,18,19,20). The number of benzene rings is 1. The van der Waals surface area contributed by atoms with E-state index in [1.165, 1.54) is 24.0 Å². The quantitative estimate of drug-likeness (QED) is 0.788. The van der Waals surface area contributed by atoms with Crippen LogP contribution in [0.5, 0.6) is 0 Å². The van der Waals surface area contributed by atoms with Gasteiger partial charge >= 0.3 is 0 Å². The lowest BCUT2D eigenvalue weighted by Crippen LogP contribution is -2.10. The van der Waals surface area contributed by atoms with Crippen LogP contribution in [0.3, 0.4) is 0 Å². The first kappa shape index (κ1) is 13.5. The molecule has 3 heteroatoms. The first-order valence-corrected chi connectivity index (χ1v) is 7.56. The van der Waals surface area contributed by atoms with Gasteiger partial charge in [0.2, 0.25) is 0 Å². The van der Waals surface area contributed by atoms with E-state index in [0.717, 1.165) is 11.5 Å². The van der Waals surface area contributed by atoms with E-state index in [0.29, 0.717) is 10.6 Å². The topological polar surface area (TPSA) is 28.7 Å². The molecule has 0 amide bonds. The molecule has 2 nitrogen and oxygen atoms in total. The maximum absolute atomic E-state index is 5.29. The van der Waals surface area contributed by atoms with E-state index in [-0.39, 0.29) is 5.41 Å². The van der Waals surface area contributed by atoms with Crippen LogP contribution in [0.1, 0.15) is 50.9 Å². The third-order valence-corrected chi connectivity index (χ3v) is 4.00. The Kier molecular flexibility index (Phi) is 3.25. The molecule has 104 valence electrons. The molecule has 1 fully saturated rings. The molecule has 1 saturated carbocycles. The molecule has 0 bridgehead atoms. The van der Waals surface area contributed by atoms with Crippen LogP contribution in [0.4, 0.5) is 0 Å². The van der Waals surface area contributed by atoms with Crippen LogP contribution in [0.15, 0.2) is 30.3 Å². The van der Waals surface area contributed by atoms with Gasteiger partial charge < -0.3 is 4.98 Å². The van der Waals surface area contributed by atoms with E-state index >= 15 is 0 Å². The average molecular weight is 284 g/mol. The van der Waals surface area contributed by atoms with E-state index in [9.17, 15) is 0 Å². The van der Waals surface area contributed by atoms with Crippen LogP contribution in [0, 0.1) is 4.64 Å². The molecule has 1 N–H and O–H groups in total. The Labute approximate surface area is 125 Å². The summed E-state index contributed by atoms with van der Waals surface area (Å²) in [5.41, 5.74) is 3.78. The Morgan fingerprint density at radius 2 is 1.80 bits per heavy atom. The minimum Gasteiger partial charge on any atom is -0.343 e. The number of hydrogen-bond donors (Lipinski definition) is 1. The number of rotatable bonds is 2. The number of hydrogen-bond acceptors (Lipinski definition) is 2. The third-order valence-electron chi connectivity index (χ3n) is 3.79. The first-order valence-electron chi connectivity index (χ1n) is 7.16. The summed E-state index contributed by atoms with van der Waals surface area (Å²) in [5.74, 6) is 1.64. The SMILES string of the molecule is CC(C)(C)c1ccc(-c2cc(=S)nc(C3CC3)[nH]2)cc1. The second-order valence-corrected chi connectivity index (χ2v) is 7.04. The normalized spacial score (nSPS) is 15.3. The molecule has 0 saturated heterocycles. The van der Waals surface area contributed by atoms with E-state index in [1.807, 2.05) is 6.07 Å². The highest BCUT2D eigenvalue weighted by atomic mass is 32.1. The predicted octanol–water partition coefficient (Wildman–Crippen LogP) is 4.98. The minimum absolute atomic E-state index is 0.183. The first-order chi connectivity index (χ1) is 9.43. The van der Waals surface area contributed by atoms with E-state index in [2.05, 4.69) is 55.0 Å². The van der Waals surface area contributed by atoms with E-state index in [1.54, 1.807) is 0 Å². The Morgan fingerprint density at radius 1 is 1.15 bits per heavy atom. The van der Waals surface area contributed by atoms with Gasteiger partial charge in [0, 0.05) is 11.6 Å².